The molecular weight excluding hydrogens is 298 g/mol. The zero-order valence-corrected chi connectivity index (χ0v) is 13.1. The number of aromatic nitrogens is 2. The van der Waals surface area contributed by atoms with E-state index in [1.165, 1.54) is 23.4 Å². The lowest BCUT2D eigenvalue weighted by Crippen LogP contribution is -2.32. The number of carbonyl (C=O) groups excluding carboxylic acids is 1. The Hall–Kier alpha value is -2.28. The van der Waals surface area contributed by atoms with Crippen molar-refractivity contribution in [3.05, 3.63) is 42.0 Å². The average molecular weight is 317 g/mol. The van der Waals surface area contributed by atoms with Gasteiger partial charge in [0.15, 0.2) is 5.16 Å². The molecular formula is C15H19N5OS. The van der Waals surface area contributed by atoms with E-state index in [2.05, 4.69) is 15.3 Å². The fourth-order valence-corrected chi connectivity index (χ4v) is 2.67. The first-order valence-electron chi connectivity index (χ1n) is 6.93. The van der Waals surface area contributed by atoms with Gasteiger partial charge in [0.1, 0.15) is 11.6 Å². The second kappa shape index (κ2) is 7.65. The van der Waals surface area contributed by atoms with Crippen LogP contribution in [0.5, 0.6) is 0 Å². The summed E-state index contributed by atoms with van der Waals surface area (Å²) in [6.07, 6.45) is 0.797. The summed E-state index contributed by atoms with van der Waals surface area (Å²) in [5, 5.41) is 2.99. The lowest BCUT2D eigenvalue weighted by Gasteiger charge is -2.11. The van der Waals surface area contributed by atoms with Gasteiger partial charge in [-0.3, -0.25) is 4.79 Å². The predicted molar refractivity (Wildman–Crippen MR) is 89.3 cm³/mol. The van der Waals surface area contributed by atoms with Crippen LogP contribution in [0.4, 0.5) is 11.6 Å². The number of nitrogens with zero attached hydrogens (tertiary/aromatic N) is 2. The zero-order valence-electron chi connectivity index (χ0n) is 12.3. The molecule has 1 amide bonds. The Kier molecular flexibility index (Phi) is 5.60. The summed E-state index contributed by atoms with van der Waals surface area (Å²) in [7, 11) is 0. The first-order valence-corrected chi connectivity index (χ1v) is 7.81. The van der Waals surface area contributed by atoms with Crippen molar-refractivity contribution in [3.8, 4) is 0 Å². The number of benzene rings is 1. The van der Waals surface area contributed by atoms with Crippen LogP contribution in [0.25, 0.3) is 0 Å². The van der Waals surface area contributed by atoms with Crippen LogP contribution in [0.3, 0.4) is 0 Å². The van der Waals surface area contributed by atoms with Crippen LogP contribution in [-0.4, -0.2) is 27.7 Å². The van der Waals surface area contributed by atoms with Gasteiger partial charge in [-0.25, -0.2) is 9.97 Å². The van der Waals surface area contributed by atoms with E-state index in [9.17, 15) is 4.79 Å². The van der Waals surface area contributed by atoms with Crippen molar-refractivity contribution in [3.63, 3.8) is 0 Å². The number of rotatable bonds is 6. The van der Waals surface area contributed by atoms with E-state index >= 15 is 0 Å². The van der Waals surface area contributed by atoms with E-state index in [1.54, 1.807) is 6.92 Å². The lowest BCUT2D eigenvalue weighted by molar-refractivity contribution is -0.120. The molecule has 1 aromatic heterocycles. The highest BCUT2D eigenvalue weighted by molar-refractivity contribution is 8.00. The van der Waals surface area contributed by atoms with E-state index in [0.29, 0.717) is 23.3 Å². The fraction of sp³-hybridized carbons (Fsp3) is 0.267. The predicted octanol–water partition coefficient (Wildman–Crippen LogP) is 1.48. The van der Waals surface area contributed by atoms with E-state index in [4.69, 9.17) is 11.5 Å². The Morgan fingerprint density at radius 3 is 2.50 bits per heavy atom. The number of thioether (sulfide) groups is 1. The standard InChI is InChI=1S/C15H19N5OS/c1-10(22-15-19-12(16)9-13(17)20-15)14(21)18-8-7-11-5-3-2-4-6-11/h2-6,9-10H,7-8H2,1H3,(H,18,21)(H4,16,17,19,20). The van der Waals surface area contributed by atoms with Crippen molar-refractivity contribution in [2.75, 3.05) is 18.0 Å². The summed E-state index contributed by atoms with van der Waals surface area (Å²) in [5.74, 6) is 0.531. The second-order valence-corrected chi connectivity index (χ2v) is 6.09. The molecule has 5 N–H and O–H groups in total. The van der Waals surface area contributed by atoms with Crippen LogP contribution in [0.1, 0.15) is 12.5 Å². The second-order valence-electron chi connectivity index (χ2n) is 4.79. The van der Waals surface area contributed by atoms with Gasteiger partial charge in [0, 0.05) is 12.6 Å². The van der Waals surface area contributed by atoms with Gasteiger partial charge < -0.3 is 16.8 Å². The van der Waals surface area contributed by atoms with Crippen molar-refractivity contribution < 1.29 is 4.79 Å². The summed E-state index contributed by atoms with van der Waals surface area (Å²) in [5.41, 5.74) is 12.4. The van der Waals surface area contributed by atoms with Gasteiger partial charge in [0.25, 0.3) is 0 Å². The summed E-state index contributed by atoms with van der Waals surface area (Å²) in [4.78, 5) is 20.2. The highest BCUT2D eigenvalue weighted by Crippen LogP contribution is 2.21. The molecule has 0 bridgehead atoms. The number of amides is 1. The number of hydrogen-bond donors (Lipinski definition) is 3. The van der Waals surface area contributed by atoms with E-state index in [1.807, 2.05) is 30.3 Å². The Bertz CT molecular complexity index is 615. The van der Waals surface area contributed by atoms with Gasteiger partial charge in [-0.2, -0.15) is 0 Å². The van der Waals surface area contributed by atoms with Gasteiger partial charge in [-0.1, -0.05) is 42.1 Å². The molecule has 0 aliphatic rings. The molecule has 0 spiro atoms. The first kappa shape index (κ1) is 16.1. The summed E-state index contributed by atoms with van der Waals surface area (Å²) in [6.45, 7) is 2.39. The molecule has 0 aliphatic carbocycles. The highest BCUT2D eigenvalue weighted by Gasteiger charge is 2.16. The van der Waals surface area contributed by atoms with Gasteiger partial charge >= 0.3 is 0 Å². The topological polar surface area (TPSA) is 107 Å². The third kappa shape index (κ3) is 4.92. The van der Waals surface area contributed by atoms with Crippen molar-refractivity contribution in [2.45, 2.75) is 23.8 Å². The average Bonchev–Trinajstić information content (AvgIpc) is 2.47. The van der Waals surface area contributed by atoms with Crippen molar-refractivity contribution >= 4 is 29.3 Å². The van der Waals surface area contributed by atoms with Crippen LogP contribution in [0, 0.1) is 0 Å². The first-order chi connectivity index (χ1) is 10.5. The van der Waals surface area contributed by atoms with Crippen LogP contribution in [0.2, 0.25) is 0 Å². The molecule has 7 heteroatoms. The third-order valence-electron chi connectivity index (χ3n) is 2.95. The Morgan fingerprint density at radius 1 is 1.23 bits per heavy atom. The maximum atomic E-state index is 12.1. The smallest absolute Gasteiger partial charge is 0.233 e. The molecule has 1 aromatic carbocycles. The van der Waals surface area contributed by atoms with Crippen molar-refractivity contribution in [2.24, 2.45) is 0 Å². The molecule has 22 heavy (non-hydrogen) atoms. The minimum Gasteiger partial charge on any atom is -0.383 e. The van der Waals surface area contributed by atoms with Gasteiger partial charge in [0.05, 0.1) is 5.25 Å². The number of hydrogen-bond acceptors (Lipinski definition) is 6. The fourth-order valence-electron chi connectivity index (χ4n) is 1.84. The molecule has 0 radical (unpaired) electrons. The Morgan fingerprint density at radius 2 is 1.86 bits per heavy atom. The van der Waals surface area contributed by atoms with E-state index < -0.39 is 0 Å². The number of nitrogens with two attached hydrogens (primary N) is 2. The normalized spacial score (nSPS) is 11.9. The molecule has 1 heterocycles. The zero-order chi connectivity index (χ0) is 15.9. The molecule has 0 saturated heterocycles. The van der Waals surface area contributed by atoms with Crippen LogP contribution in [-0.2, 0) is 11.2 Å². The SMILES string of the molecule is CC(Sc1nc(N)cc(N)n1)C(=O)NCCc1ccccc1. The van der Waals surface area contributed by atoms with Crippen LogP contribution < -0.4 is 16.8 Å². The molecule has 116 valence electrons. The number of anilines is 2. The Balaban J connectivity index is 1.81. The molecule has 1 atom stereocenters. The van der Waals surface area contributed by atoms with Crippen LogP contribution >= 0.6 is 11.8 Å². The van der Waals surface area contributed by atoms with Crippen molar-refractivity contribution in [1.82, 2.24) is 15.3 Å². The van der Waals surface area contributed by atoms with E-state index in [0.717, 1.165) is 6.42 Å². The largest absolute Gasteiger partial charge is 0.383 e. The minimum atomic E-state index is -0.322. The Labute approximate surface area is 133 Å². The van der Waals surface area contributed by atoms with Gasteiger partial charge in [-0.15, -0.1) is 0 Å². The number of carbonyl (C=O) groups is 1. The molecule has 0 aliphatic heterocycles. The highest BCUT2D eigenvalue weighted by atomic mass is 32.2. The number of nitrogen functional groups attached to an aromatic ring is 2. The molecule has 0 saturated carbocycles. The van der Waals surface area contributed by atoms with Gasteiger partial charge in [-0.05, 0) is 18.9 Å². The quantitative estimate of drug-likeness (QED) is 0.550. The lowest BCUT2D eigenvalue weighted by atomic mass is 10.1. The molecule has 0 fully saturated rings. The maximum Gasteiger partial charge on any atom is 0.233 e. The summed E-state index contributed by atoms with van der Waals surface area (Å²) < 4.78 is 0. The van der Waals surface area contributed by atoms with Crippen molar-refractivity contribution in [1.29, 1.82) is 0 Å². The number of nitrogens with one attached hydrogen (secondary N) is 1. The van der Waals surface area contributed by atoms with Gasteiger partial charge in [0.2, 0.25) is 5.91 Å². The van der Waals surface area contributed by atoms with Crippen LogP contribution in [0.15, 0.2) is 41.6 Å². The molecule has 2 aromatic rings. The molecule has 1 unspecified atom stereocenters. The maximum absolute atomic E-state index is 12.1. The summed E-state index contributed by atoms with van der Waals surface area (Å²) in [6, 6.07) is 11.5. The monoisotopic (exact) mass is 317 g/mol. The minimum absolute atomic E-state index is 0.0643. The molecule has 2 rings (SSSR count). The summed E-state index contributed by atoms with van der Waals surface area (Å²) >= 11 is 1.23. The molecule has 6 nitrogen and oxygen atoms in total. The van der Waals surface area contributed by atoms with E-state index in [-0.39, 0.29) is 11.2 Å². The third-order valence-corrected chi connectivity index (χ3v) is 3.91.